The molecule has 0 saturated heterocycles. The second kappa shape index (κ2) is 11.8. The van der Waals surface area contributed by atoms with E-state index >= 15 is 0 Å². The number of rotatable bonds is 6. The average Bonchev–Trinajstić information content (AvgIpc) is 3.54. The predicted octanol–water partition coefficient (Wildman–Crippen LogP) is 13.2. The smallest absolute Gasteiger partial charge is 0.143 e. The van der Waals surface area contributed by atoms with Gasteiger partial charge in [0.1, 0.15) is 11.2 Å². The van der Waals surface area contributed by atoms with Gasteiger partial charge in [-0.25, -0.2) is 0 Å². The van der Waals surface area contributed by atoms with Crippen LogP contribution in [-0.4, -0.2) is 0 Å². The van der Waals surface area contributed by atoms with Crippen LogP contribution in [-0.2, 0) is 0 Å². The third-order valence-electron chi connectivity index (χ3n) is 9.25. The summed E-state index contributed by atoms with van der Waals surface area (Å²) in [6.07, 6.45) is 0. The molecule has 9 rings (SSSR count). The molecule has 0 spiro atoms. The summed E-state index contributed by atoms with van der Waals surface area (Å²) in [5.74, 6) is 0. The summed E-state index contributed by atoms with van der Waals surface area (Å²) >= 11 is 0. The van der Waals surface area contributed by atoms with Gasteiger partial charge in [0.25, 0.3) is 0 Å². The Morgan fingerprint density at radius 2 is 0.854 bits per heavy atom. The van der Waals surface area contributed by atoms with Crippen molar-refractivity contribution in [3.8, 4) is 33.4 Å². The first-order valence-electron chi connectivity index (χ1n) is 16.3. The first-order chi connectivity index (χ1) is 23.8. The zero-order valence-corrected chi connectivity index (χ0v) is 26.3. The molecule has 0 saturated carbocycles. The lowest BCUT2D eigenvalue weighted by Crippen LogP contribution is -2.09. The van der Waals surface area contributed by atoms with E-state index in [1.54, 1.807) is 0 Å². The summed E-state index contributed by atoms with van der Waals surface area (Å²) in [6.45, 7) is 0. The second-order valence-electron chi connectivity index (χ2n) is 12.2. The minimum absolute atomic E-state index is 0.889. The fourth-order valence-corrected chi connectivity index (χ4v) is 6.92. The Labute approximate surface area is 279 Å². The summed E-state index contributed by atoms with van der Waals surface area (Å²) in [4.78, 5) is 2.31. The molecule has 0 N–H and O–H groups in total. The zero-order chi connectivity index (χ0) is 31.9. The first-order valence-corrected chi connectivity index (χ1v) is 16.3. The van der Waals surface area contributed by atoms with Crippen molar-refractivity contribution < 1.29 is 4.42 Å². The van der Waals surface area contributed by atoms with Gasteiger partial charge in [-0.3, -0.25) is 0 Å². The van der Waals surface area contributed by atoms with Crippen molar-refractivity contribution in [3.63, 3.8) is 0 Å². The summed E-state index contributed by atoms with van der Waals surface area (Å²) < 4.78 is 6.67. The maximum Gasteiger partial charge on any atom is 0.143 e. The Bertz CT molecular complexity index is 2530. The Balaban J connectivity index is 1.14. The predicted molar refractivity (Wildman–Crippen MR) is 202 cm³/mol. The molecule has 48 heavy (non-hydrogen) atoms. The molecule has 0 radical (unpaired) electrons. The number of benzene rings is 8. The van der Waals surface area contributed by atoms with Crippen molar-refractivity contribution in [2.75, 3.05) is 4.90 Å². The van der Waals surface area contributed by atoms with Gasteiger partial charge in [-0.2, -0.15) is 0 Å². The van der Waals surface area contributed by atoms with Gasteiger partial charge in [0.2, 0.25) is 0 Å². The van der Waals surface area contributed by atoms with Crippen LogP contribution in [0.5, 0.6) is 0 Å². The Morgan fingerprint density at radius 3 is 1.60 bits per heavy atom. The van der Waals surface area contributed by atoms with Crippen molar-refractivity contribution in [3.05, 3.63) is 188 Å². The molecule has 2 heteroatoms. The van der Waals surface area contributed by atoms with Crippen LogP contribution in [0.15, 0.2) is 192 Å². The average molecular weight is 614 g/mol. The first kappa shape index (κ1) is 27.9. The number of anilines is 3. The molecule has 0 bridgehead atoms. The molecule has 8 aromatic carbocycles. The third-order valence-corrected chi connectivity index (χ3v) is 9.25. The summed E-state index contributed by atoms with van der Waals surface area (Å²) in [6, 6.07) is 66.7. The molecular formula is C46H31NO. The van der Waals surface area contributed by atoms with Gasteiger partial charge >= 0.3 is 0 Å². The molecule has 9 aromatic rings. The van der Waals surface area contributed by atoms with Crippen molar-refractivity contribution in [1.82, 2.24) is 0 Å². The van der Waals surface area contributed by atoms with Crippen LogP contribution in [0, 0.1) is 0 Å². The van der Waals surface area contributed by atoms with Gasteiger partial charge in [-0.15, -0.1) is 0 Å². The van der Waals surface area contributed by atoms with Crippen molar-refractivity contribution >= 4 is 49.8 Å². The van der Waals surface area contributed by atoms with Gasteiger partial charge in [-0.1, -0.05) is 133 Å². The highest BCUT2D eigenvalue weighted by atomic mass is 16.3. The minimum Gasteiger partial charge on any atom is -0.455 e. The molecule has 0 unspecified atom stereocenters. The molecule has 1 aromatic heterocycles. The van der Waals surface area contributed by atoms with Crippen molar-refractivity contribution in [1.29, 1.82) is 0 Å². The lowest BCUT2D eigenvalue weighted by Gasteiger charge is -2.26. The molecule has 0 atom stereocenters. The normalized spacial score (nSPS) is 11.3. The quantitative estimate of drug-likeness (QED) is 0.185. The maximum absolute atomic E-state index is 6.67. The van der Waals surface area contributed by atoms with Crippen LogP contribution in [0.2, 0.25) is 0 Å². The largest absolute Gasteiger partial charge is 0.455 e. The topological polar surface area (TPSA) is 16.4 Å². The van der Waals surface area contributed by atoms with Crippen LogP contribution in [0.4, 0.5) is 17.1 Å². The van der Waals surface area contributed by atoms with E-state index in [2.05, 4.69) is 193 Å². The van der Waals surface area contributed by atoms with E-state index in [9.17, 15) is 0 Å². The van der Waals surface area contributed by atoms with Crippen LogP contribution in [0.3, 0.4) is 0 Å². The van der Waals surface area contributed by atoms with Crippen LogP contribution in [0.1, 0.15) is 0 Å². The number of hydrogen-bond donors (Lipinski definition) is 0. The monoisotopic (exact) mass is 613 g/mol. The van der Waals surface area contributed by atoms with Gasteiger partial charge < -0.3 is 9.32 Å². The van der Waals surface area contributed by atoms with Gasteiger partial charge in [0.05, 0.1) is 0 Å². The van der Waals surface area contributed by atoms with Gasteiger partial charge in [0.15, 0.2) is 0 Å². The van der Waals surface area contributed by atoms with Crippen LogP contribution >= 0.6 is 0 Å². The Kier molecular flexibility index (Phi) is 6.84. The van der Waals surface area contributed by atoms with Crippen LogP contribution < -0.4 is 4.90 Å². The fraction of sp³-hybridized carbons (Fsp3) is 0. The molecular weight excluding hydrogens is 583 g/mol. The number of furan rings is 1. The Morgan fingerprint density at radius 1 is 0.312 bits per heavy atom. The van der Waals surface area contributed by atoms with Gasteiger partial charge in [0, 0.05) is 33.2 Å². The number of para-hydroxylation sites is 1. The molecule has 0 fully saturated rings. The SMILES string of the molecule is c1ccc(-c2ccc(N(c3ccccc3)c3cccc(-c4ccc5c(c4)oc4c6ccccc6c(-c6ccccc6)cc54)c3)cc2)cc1. The number of fused-ring (bicyclic) bond motifs is 5. The molecule has 0 aliphatic carbocycles. The summed E-state index contributed by atoms with van der Waals surface area (Å²) in [7, 11) is 0. The lowest BCUT2D eigenvalue weighted by molar-refractivity contribution is 0.673. The Hall–Kier alpha value is -6.38. The van der Waals surface area contributed by atoms with Crippen molar-refractivity contribution in [2.24, 2.45) is 0 Å². The van der Waals surface area contributed by atoms with E-state index in [-0.39, 0.29) is 0 Å². The number of hydrogen-bond acceptors (Lipinski definition) is 2. The van der Waals surface area contributed by atoms with E-state index in [1.165, 1.54) is 27.6 Å². The molecule has 0 aliphatic rings. The molecule has 2 nitrogen and oxygen atoms in total. The standard InChI is InChI=1S/C46H31NO/c1-4-13-32(14-5-1)33-23-26-38(27-24-33)47(37-18-8-3-9-19-37)39-20-12-17-35(29-39)36-25-28-41-44-31-43(34-15-6-2-7-16-34)40-21-10-11-22-42(40)46(44)48-45(41)30-36/h1-31H. The highest BCUT2D eigenvalue weighted by Gasteiger charge is 2.17. The highest BCUT2D eigenvalue weighted by Crippen LogP contribution is 2.42. The molecule has 1 heterocycles. The van der Waals surface area contributed by atoms with E-state index in [1.807, 2.05) is 0 Å². The lowest BCUT2D eigenvalue weighted by atomic mass is 9.95. The fourth-order valence-electron chi connectivity index (χ4n) is 6.92. The maximum atomic E-state index is 6.67. The van der Waals surface area contributed by atoms with E-state index in [0.717, 1.165) is 55.5 Å². The second-order valence-corrected chi connectivity index (χ2v) is 12.2. The summed E-state index contributed by atoms with van der Waals surface area (Å²) in [5.41, 5.74) is 12.2. The van der Waals surface area contributed by atoms with E-state index < -0.39 is 0 Å². The molecule has 226 valence electrons. The van der Waals surface area contributed by atoms with Crippen molar-refractivity contribution in [2.45, 2.75) is 0 Å². The van der Waals surface area contributed by atoms with E-state index in [0.29, 0.717) is 0 Å². The molecule has 0 aliphatic heterocycles. The minimum atomic E-state index is 0.889. The molecule has 0 amide bonds. The van der Waals surface area contributed by atoms with Crippen LogP contribution in [0.25, 0.3) is 66.1 Å². The third kappa shape index (κ3) is 4.92. The number of nitrogens with zero attached hydrogens (tertiary/aromatic N) is 1. The zero-order valence-electron chi connectivity index (χ0n) is 26.3. The highest BCUT2D eigenvalue weighted by molar-refractivity contribution is 6.19. The van der Waals surface area contributed by atoms with E-state index in [4.69, 9.17) is 4.42 Å². The van der Waals surface area contributed by atoms with Gasteiger partial charge in [-0.05, 0) is 93.4 Å². The summed E-state index contributed by atoms with van der Waals surface area (Å²) in [5, 5.41) is 4.58.